The molecule has 0 radical (unpaired) electrons. The van der Waals surface area contributed by atoms with Gasteiger partial charge < -0.3 is 9.84 Å². The fourth-order valence-electron chi connectivity index (χ4n) is 1.87. The van der Waals surface area contributed by atoms with Crippen molar-refractivity contribution in [3.63, 3.8) is 0 Å². The molecule has 0 aromatic carbocycles. The molecule has 0 bridgehead atoms. The van der Waals surface area contributed by atoms with E-state index in [4.69, 9.17) is 10.00 Å². The van der Waals surface area contributed by atoms with Gasteiger partial charge >= 0.3 is 0 Å². The number of hydrogen-bond donors (Lipinski definition) is 1. The lowest BCUT2D eigenvalue weighted by atomic mass is 9.83. The van der Waals surface area contributed by atoms with Crippen LogP contribution >= 0.6 is 0 Å². The summed E-state index contributed by atoms with van der Waals surface area (Å²) in [5.74, 6) is -0.0167. The monoisotopic (exact) mass is 183 g/mol. The van der Waals surface area contributed by atoms with E-state index in [9.17, 15) is 5.11 Å². The van der Waals surface area contributed by atoms with Gasteiger partial charge in [0.1, 0.15) is 5.60 Å². The summed E-state index contributed by atoms with van der Waals surface area (Å²) < 4.78 is 4.99. The Kier molecular flexibility index (Phi) is 3.29. The average Bonchev–Trinajstić information content (AvgIpc) is 2.89. The second kappa shape index (κ2) is 4.08. The van der Waals surface area contributed by atoms with Crippen LogP contribution in [0.3, 0.4) is 0 Å². The number of ether oxygens (including phenoxy) is 1. The second-order valence-corrected chi connectivity index (χ2v) is 3.79. The first-order valence-corrected chi connectivity index (χ1v) is 4.80. The van der Waals surface area contributed by atoms with Crippen LogP contribution in [-0.2, 0) is 4.74 Å². The van der Waals surface area contributed by atoms with Crippen molar-refractivity contribution in [2.24, 2.45) is 11.8 Å². The number of nitrogens with zero attached hydrogens (tertiary/aromatic N) is 1. The van der Waals surface area contributed by atoms with Crippen LogP contribution < -0.4 is 0 Å². The standard InChI is InChI=1S/C10H17NO2/c1-3-8(6-11)10(12,7-13-2)9-4-5-9/h8-9,12H,3-5,7H2,1-2H3. The fourth-order valence-corrected chi connectivity index (χ4v) is 1.87. The van der Waals surface area contributed by atoms with Gasteiger partial charge in [0.05, 0.1) is 18.6 Å². The molecule has 0 aromatic rings. The Morgan fingerprint density at radius 2 is 2.31 bits per heavy atom. The predicted octanol–water partition coefficient (Wildman–Crippen LogP) is 1.32. The molecular formula is C10H17NO2. The minimum Gasteiger partial charge on any atom is -0.386 e. The van der Waals surface area contributed by atoms with E-state index in [0.717, 1.165) is 12.8 Å². The zero-order chi connectivity index (χ0) is 9.90. The molecule has 0 aromatic heterocycles. The van der Waals surface area contributed by atoms with Gasteiger partial charge in [0.25, 0.3) is 0 Å². The number of rotatable bonds is 5. The Labute approximate surface area is 79.3 Å². The van der Waals surface area contributed by atoms with E-state index >= 15 is 0 Å². The summed E-state index contributed by atoms with van der Waals surface area (Å²) in [6, 6.07) is 2.17. The molecule has 1 aliphatic carbocycles. The van der Waals surface area contributed by atoms with Gasteiger partial charge in [-0.05, 0) is 25.2 Å². The number of hydrogen-bond acceptors (Lipinski definition) is 3. The van der Waals surface area contributed by atoms with Crippen molar-refractivity contribution < 1.29 is 9.84 Å². The summed E-state index contributed by atoms with van der Waals surface area (Å²) >= 11 is 0. The molecule has 1 saturated carbocycles. The van der Waals surface area contributed by atoms with Crippen LogP contribution in [-0.4, -0.2) is 24.4 Å². The van der Waals surface area contributed by atoms with Crippen LogP contribution in [0.2, 0.25) is 0 Å². The fraction of sp³-hybridized carbons (Fsp3) is 0.900. The molecule has 1 rings (SSSR count). The van der Waals surface area contributed by atoms with Crippen LogP contribution in [0.15, 0.2) is 0 Å². The Bertz CT molecular complexity index is 207. The first kappa shape index (κ1) is 10.5. The van der Waals surface area contributed by atoms with Crippen LogP contribution in [0.5, 0.6) is 0 Å². The van der Waals surface area contributed by atoms with Crippen molar-refractivity contribution >= 4 is 0 Å². The lowest BCUT2D eigenvalue weighted by Gasteiger charge is -2.31. The van der Waals surface area contributed by atoms with Gasteiger partial charge in [-0.15, -0.1) is 0 Å². The zero-order valence-corrected chi connectivity index (χ0v) is 8.29. The van der Waals surface area contributed by atoms with E-state index in [1.165, 1.54) is 0 Å². The highest BCUT2D eigenvalue weighted by Gasteiger charge is 2.48. The highest BCUT2D eigenvalue weighted by molar-refractivity contribution is 5.05. The molecular weight excluding hydrogens is 166 g/mol. The molecule has 0 heterocycles. The Morgan fingerprint density at radius 3 is 2.62 bits per heavy atom. The minimum atomic E-state index is -0.905. The summed E-state index contributed by atoms with van der Waals surface area (Å²) in [6.45, 7) is 2.21. The van der Waals surface area contributed by atoms with Gasteiger partial charge in [-0.25, -0.2) is 0 Å². The minimum absolute atomic E-state index is 0.275. The quantitative estimate of drug-likeness (QED) is 0.699. The highest BCUT2D eigenvalue weighted by Crippen LogP contribution is 2.44. The third kappa shape index (κ3) is 2.01. The summed E-state index contributed by atoms with van der Waals surface area (Å²) in [7, 11) is 1.57. The van der Waals surface area contributed by atoms with Crippen molar-refractivity contribution in [1.29, 1.82) is 5.26 Å². The second-order valence-electron chi connectivity index (χ2n) is 3.79. The van der Waals surface area contributed by atoms with Crippen molar-refractivity contribution in [3.05, 3.63) is 0 Å². The zero-order valence-electron chi connectivity index (χ0n) is 8.29. The van der Waals surface area contributed by atoms with Crippen molar-refractivity contribution in [1.82, 2.24) is 0 Å². The van der Waals surface area contributed by atoms with Crippen molar-refractivity contribution in [2.45, 2.75) is 31.8 Å². The number of nitriles is 1. The first-order chi connectivity index (χ1) is 6.19. The molecule has 1 fully saturated rings. The van der Waals surface area contributed by atoms with E-state index in [1.54, 1.807) is 7.11 Å². The molecule has 0 saturated heterocycles. The van der Waals surface area contributed by atoms with Crippen molar-refractivity contribution in [3.8, 4) is 6.07 Å². The van der Waals surface area contributed by atoms with E-state index in [2.05, 4.69) is 6.07 Å². The Hall–Kier alpha value is -0.590. The third-order valence-corrected chi connectivity index (χ3v) is 2.83. The SMILES string of the molecule is CCC(C#N)C(O)(COC)C1CC1. The molecule has 0 aliphatic heterocycles. The van der Waals surface area contributed by atoms with Gasteiger partial charge in [-0.2, -0.15) is 5.26 Å². The summed E-state index contributed by atoms with van der Waals surface area (Å²) in [4.78, 5) is 0. The van der Waals surface area contributed by atoms with Crippen LogP contribution in [0, 0.1) is 23.2 Å². The maximum absolute atomic E-state index is 10.3. The lowest BCUT2D eigenvalue weighted by Crippen LogP contribution is -2.43. The largest absolute Gasteiger partial charge is 0.386 e. The van der Waals surface area contributed by atoms with Gasteiger partial charge in [-0.1, -0.05) is 6.92 Å². The van der Waals surface area contributed by atoms with Gasteiger partial charge in [-0.3, -0.25) is 0 Å². The van der Waals surface area contributed by atoms with Crippen LogP contribution in [0.1, 0.15) is 26.2 Å². The topological polar surface area (TPSA) is 53.2 Å². The highest BCUT2D eigenvalue weighted by atomic mass is 16.5. The maximum Gasteiger partial charge on any atom is 0.106 e. The van der Waals surface area contributed by atoms with Crippen LogP contribution in [0.4, 0.5) is 0 Å². The summed E-state index contributed by atoms with van der Waals surface area (Å²) in [5.41, 5.74) is -0.905. The molecule has 2 unspecified atom stereocenters. The molecule has 3 heteroatoms. The van der Waals surface area contributed by atoms with Gasteiger partial charge in [0, 0.05) is 7.11 Å². The first-order valence-electron chi connectivity index (χ1n) is 4.80. The maximum atomic E-state index is 10.3. The van der Waals surface area contributed by atoms with E-state index in [1.807, 2.05) is 6.92 Å². The molecule has 74 valence electrons. The molecule has 0 spiro atoms. The van der Waals surface area contributed by atoms with E-state index in [-0.39, 0.29) is 18.4 Å². The van der Waals surface area contributed by atoms with Gasteiger partial charge in [0.2, 0.25) is 0 Å². The number of methoxy groups -OCH3 is 1. The smallest absolute Gasteiger partial charge is 0.106 e. The lowest BCUT2D eigenvalue weighted by molar-refractivity contribution is -0.0762. The van der Waals surface area contributed by atoms with Gasteiger partial charge in [0.15, 0.2) is 0 Å². The predicted molar refractivity (Wildman–Crippen MR) is 48.9 cm³/mol. The molecule has 1 aliphatic rings. The molecule has 3 nitrogen and oxygen atoms in total. The molecule has 0 amide bonds. The third-order valence-electron chi connectivity index (χ3n) is 2.83. The Morgan fingerprint density at radius 1 is 1.69 bits per heavy atom. The summed E-state index contributed by atoms with van der Waals surface area (Å²) in [5, 5.41) is 19.2. The van der Waals surface area contributed by atoms with Crippen LogP contribution in [0.25, 0.3) is 0 Å². The molecule has 2 atom stereocenters. The summed E-state index contributed by atoms with van der Waals surface area (Å²) in [6.07, 6.45) is 2.74. The Balaban J connectivity index is 2.70. The van der Waals surface area contributed by atoms with E-state index < -0.39 is 5.60 Å². The van der Waals surface area contributed by atoms with E-state index in [0.29, 0.717) is 6.42 Å². The molecule has 13 heavy (non-hydrogen) atoms. The average molecular weight is 183 g/mol. The normalized spacial score (nSPS) is 23.2. The molecule has 1 N–H and O–H groups in total. The van der Waals surface area contributed by atoms with Crippen molar-refractivity contribution in [2.75, 3.05) is 13.7 Å². The number of aliphatic hydroxyl groups is 1.